The van der Waals surface area contributed by atoms with Crippen LogP contribution < -0.4 is 10.0 Å². The van der Waals surface area contributed by atoms with Crippen LogP contribution in [-0.2, 0) is 0 Å². The Balaban J connectivity index is 1.82. The molecule has 2 aromatic heterocycles. The number of benzene rings is 1. The third-order valence-electron chi connectivity index (χ3n) is 3.43. The number of thiazole rings is 1. The van der Waals surface area contributed by atoms with Crippen molar-refractivity contribution in [3.05, 3.63) is 70.0 Å². The quantitative estimate of drug-likeness (QED) is 0.593. The van der Waals surface area contributed by atoms with E-state index in [9.17, 15) is 10.0 Å². The molecule has 3 aromatic rings. The maximum absolute atomic E-state index is 12.1. The molecule has 0 spiro atoms. The molecular weight excluding hydrogens is 310 g/mol. The molecule has 0 radical (unpaired) electrons. The van der Waals surface area contributed by atoms with Crippen molar-refractivity contribution in [3.63, 3.8) is 0 Å². The first-order valence-corrected chi connectivity index (χ1v) is 7.94. The Labute approximate surface area is 137 Å². The topological polar surface area (TPSA) is 68.9 Å². The van der Waals surface area contributed by atoms with Gasteiger partial charge in [-0.15, -0.1) is 11.3 Å². The van der Waals surface area contributed by atoms with Gasteiger partial charge in [-0.25, -0.2) is 4.98 Å². The second kappa shape index (κ2) is 6.18. The van der Waals surface area contributed by atoms with Crippen molar-refractivity contribution in [3.8, 4) is 11.3 Å². The van der Waals surface area contributed by atoms with Crippen LogP contribution in [0.2, 0.25) is 0 Å². The van der Waals surface area contributed by atoms with E-state index in [0.29, 0.717) is 15.4 Å². The Bertz CT molecular complexity index is 874. The van der Waals surface area contributed by atoms with Gasteiger partial charge in [-0.3, -0.25) is 10.1 Å². The lowest BCUT2D eigenvalue weighted by atomic mass is 10.0. The van der Waals surface area contributed by atoms with E-state index in [1.165, 1.54) is 29.8 Å². The van der Waals surface area contributed by atoms with Crippen molar-refractivity contribution in [2.24, 2.45) is 0 Å². The van der Waals surface area contributed by atoms with Crippen molar-refractivity contribution in [2.45, 2.75) is 13.8 Å². The summed E-state index contributed by atoms with van der Waals surface area (Å²) in [6.07, 6.45) is 2.56. The number of aryl methyl sites for hydroxylation is 2. The molecular formula is C17H15N3O2S. The highest BCUT2D eigenvalue weighted by Gasteiger charge is 2.13. The molecule has 0 saturated carbocycles. The summed E-state index contributed by atoms with van der Waals surface area (Å²) in [6, 6.07) is 9.31. The number of amides is 1. The smallest absolute Gasteiger partial charge is 0.263 e. The van der Waals surface area contributed by atoms with Crippen LogP contribution >= 0.6 is 11.3 Å². The fourth-order valence-electron chi connectivity index (χ4n) is 2.22. The summed E-state index contributed by atoms with van der Waals surface area (Å²) in [7, 11) is 0. The van der Waals surface area contributed by atoms with Crippen molar-refractivity contribution in [2.75, 3.05) is 5.32 Å². The second-order valence-corrected chi connectivity index (χ2v) is 6.12. The van der Waals surface area contributed by atoms with E-state index < -0.39 is 0 Å². The van der Waals surface area contributed by atoms with Gasteiger partial charge in [0.1, 0.15) is 5.56 Å². The minimum atomic E-state index is -0.350. The van der Waals surface area contributed by atoms with Crippen LogP contribution in [-0.4, -0.2) is 10.9 Å². The molecule has 6 heteroatoms. The highest BCUT2D eigenvalue weighted by atomic mass is 32.1. The van der Waals surface area contributed by atoms with Crippen LogP contribution in [0.4, 0.5) is 5.13 Å². The molecule has 0 bridgehead atoms. The molecule has 0 aliphatic rings. The fourth-order valence-corrected chi connectivity index (χ4v) is 2.93. The second-order valence-electron chi connectivity index (χ2n) is 5.26. The van der Waals surface area contributed by atoms with Gasteiger partial charge in [0, 0.05) is 17.0 Å². The van der Waals surface area contributed by atoms with E-state index in [1.54, 1.807) is 6.07 Å². The molecule has 0 aliphatic carbocycles. The van der Waals surface area contributed by atoms with E-state index in [-0.39, 0.29) is 5.91 Å². The Kier molecular flexibility index (Phi) is 4.08. The first-order valence-electron chi connectivity index (χ1n) is 7.06. The van der Waals surface area contributed by atoms with Gasteiger partial charge in [0.2, 0.25) is 0 Å². The minimum Gasteiger partial charge on any atom is -0.619 e. The summed E-state index contributed by atoms with van der Waals surface area (Å²) in [5.41, 5.74) is 4.48. The zero-order valence-corrected chi connectivity index (χ0v) is 13.6. The summed E-state index contributed by atoms with van der Waals surface area (Å²) in [5.74, 6) is -0.350. The van der Waals surface area contributed by atoms with E-state index >= 15 is 0 Å². The van der Waals surface area contributed by atoms with Crippen LogP contribution in [0.3, 0.4) is 0 Å². The van der Waals surface area contributed by atoms with E-state index in [4.69, 9.17) is 0 Å². The molecule has 116 valence electrons. The molecule has 23 heavy (non-hydrogen) atoms. The molecule has 1 aromatic carbocycles. The summed E-state index contributed by atoms with van der Waals surface area (Å²) >= 11 is 1.36. The molecule has 0 atom stereocenters. The number of nitrogens with one attached hydrogen (secondary N) is 1. The van der Waals surface area contributed by atoms with Crippen molar-refractivity contribution in [1.29, 1.82) is 0 Å². The van der Waals surface area contributed by atoms with Gasteiger partial charge < -0.3 is 5.21 Å². The number of anilines is 1. The highest BCUT2D eigenvalue weighted by Crippen LogP contribution is 2.28. The normalized spacial score (nSPS) is 10.5. The third kappa shape index (κ3) is 3.37. The summed E-state index contributed by atoms with van der Waals surface area (Å²) in [4.78, 5) is 16.6. The monoisotopic (exact) mass is 325 g/mol. The molecule has 2 heterocycles. The fraction of sp³-hybridized carbons (Fsp3) is 0.118. The predicted octanol–water partition coefficient (Wildman–Crippen LogP) is 3.31. The molecule has 5 nitrogen and oxygen atoms in total. The molecule has 1 amide bonds. The zero-order valence-electron chi connectivity index (χ0n) is 12.7. The van der Waals surface area contributed by atoms with Gasteiger partial charge in [0.25, 0.3) is 5.91 Å². The number of rotatable bonds is 3. The lowest BCUT2D eigenvalue weighted by Gasteiger charge is -2.04. The SMILES string of the molecule is Cc1ccc(C)c(-c2csc(NC(=O)c3ccc[n+]([O-])c3)n2)c1. The Hall–Kier alpha value is -2.73. The third-order valence-corrected chi connectivity index (χ3v) is 4.19. The number of hydrogen-bond donors (Lipinski definition) is 1. The van der Waals surface area contributed by atoms with Crippen LogP contribution in [0.1, 0.15) is 21.5 Å². The van der Waals surface area contributed by atoms with Gasteiger partial charge >= 0.3 is 0 Å². The molecule has 0 unspecified atom stereocenters. The average Bonchev–Trinajstić information content (AvgIpc) is 2.98. The number of nitrogens with zero attached hydrogens (tertiary/aromatic N) is 2. The van der Waals surface area contributed by atoms with Gasteiger partial charge in [0.15, 0.2) is 17.5 Å². The van der Waals surface area contributed by atoms with E-state index in [0.717, 1.165) is 22.4 Å². The van der Waals surface area contributed by atoms with Crippen molar-refractivity contribution >= 4 is 22.4 Å². The first-order chi connectivity index (χ1) is 11.0. The largest absolute Gasteiger partial charge is 0.619 e. The maximum atomic E-state index is 12.1. The molecule has 0 aliphatic heterocycles. The zero-order chi connectivity index (χ0) is 16.4. The summed E-state index contributed by atoms with van der Waals surface area (Å²) in [6.45, 7) is 4.06. The summed E-state index contributed by atoms with van der Waals surface area (Å²) < 4.78 is 0.596. The standard InChI is InChI=1S/C17H15N3O2S/c1-11-5-6-12(2)14(8-11)15-10-23-17(18-15)19-16(21)13-4-3-7-20(22)9-13/h3-10H,1-2H3,(H,18,19,21). The molecule has 1 N–H and O–H groups in total. The lowest BCUT2D eigenvalue weighted by Crippen LogP contribution is -2.27. The van der Waals surface area contributed by atoms with Crippen LogP contribution in [0, 0.1) is 19.1 Å². The summed E-state index contributed by atoms with van der Waals surface area (Å²) in [5, 5.41) is 16.4. The minimum absolute atomic E-state index is 0.297. The average molecular weight is 325 g/mol. The van der Waals surface area contributed by atoms with Gasteiger partial charge in [-0.2, -0.15) is 4.73 Å². The van der Waals surface area contributed by atoms with E-state index in [2.05, 4.69) is 28.5 Å². The molecule has 3 rings (SSSR count). The van der Waals surface area contributed by atoms with Crippen LogP contribution in [0.15, 0.2) is 48.1 Å². The van der Waals surface area contributed by atoms with Crippen molar-refractivity contribution < 1.29 is 9.52 Å². The Morgan fingerprint density at radius 3 is 2.91 bits per heavy atom. The maximum Gasteiger partial charge on any atom is 0.263 e. The number of hydrogen-bond acceptors (Lipinski definition) is 4. The number of carbonyl (C=O) groups excluding carboxylic acids is 1. The number of aromatic nitrogens is 2. The number of pyridine rings is 1. The van der Waals surface area contributed by atoms with Gasteiger partial charge in [0.05, 0.1) is 5.69 Å². The van der Waals surface area contributed by atoms with Gasteiger partial charge in [-0.05, 0) is 31.5 Å². The molecule has 0 fully saturated rings. The first kappa shape index (κ1) is 15.2. The lowest BCUT2D eigenvalue weighted by molar-refractivity contribution is -0.605. The predicted molar refractivity (Wildman–Crippen MR) is 90.4 cm³/mol. The van der Waals surface area contributed by atoms with Crippen LogP contribution in [0.25, 0.3) is 11.3 Å². The van der Waals surface area contributed by atoms with Crippen LogP contribution in [0.5, 0.6) is 0 Å². The Morgan fingerprint density at radius 2 is 2.13 bits per heavy atom. The van der Waals surface area contributed by atoms with E-state index in [1.807, 2.05) is 19.2 Å². The van der Waals surface area contributed by atoms with Gasteiger partial charge in [-0.1, -0.05) is 17.7 Å². The highest BCUT2D eigenvalue weighted by molar-refractivity contribution is 7.14. The Morgan fingerprint density at radius 1 is 1.30 bits per heavy atom. The van der Waals surface area contributed by atoms with Crippen molar-refractivity contribution in [1.82, 2.24) is 4.98 Å². The number of carbonyl (C=O) groups is 1. The molecule has 0 saturated heterocycles.